The highest BCUT2D eigenvalue weighted by molar-refractivity contribution is 6.30. The maximum absolute atomic E-state index is 12.4. The maximum Gasteiger partial charge on any atom is 0.251 e. The van der Waals surface area contributed by atoms with Gasteiger partial charge in [-0.2, -0.15) is 0 Å². The summed E-state index contributed by atoms with van der Waals surface area (Å²) in [4.78, 5) is 25.5. The fourth-order valence-corrected chi connectivity index (χ4v) is 3.06. The van der Waals surface area contributed by atoms with Crippen LogP contribution >= 0.6 is 11.6 Å². The summed E-state index contributed by atoms with van der Waals surface area (Å²) in [6, 6.07) is 13.3. The molecule has 2 rings (SSSR count). The number of rotatable bonds is 9. The van der Waals surface area contributed by atoms with Gasteiger partial charge in [0, 0.05) is 11.6 Å². The average molecular weight is 391 g/mol. The molecule has 2 aromatic carbocycles. The zero-order valence-electron chi connectivity index (χ0n) is 15.3. The molecule has 2 amide bonds. The lowest BCUT2D eigenvalue weighted by Crippen LogP contribution is -2.50. The fraction of sp³-hybridized carbons (Fsp3) is 0.300. The van der Waals surface area contributed by atoms with Gasteiger partial charge in [0.1, 0.15) is 5.75 Å². The average Bonchev–Trinajstić information content (AvgIpc) is 2.69. The molecule has 6 nitrogen and oxygen atoms in total. The predicted octanol–water partition coefficient (Wildman–Crippen LogP) is 2.77. The number of nitrogens with one attached hydrogen (secondary N) is 1. The van der Waals surface area contributed by atoms with Crippen LogP contribution in [0.5, 0.6) is 5.75 Å². The zero-order valence-corrected chi connectivity index (χ0v) is 16.0. The molecule has 0 saturated heterocycles. The predicted molar refractivity (Wildman–Crippen MR) is 105 cm³/mol. The Kier molecular flexibility index (Phi) is 7.64. The first-order valence-corrected chi connectivity index (χ1v) is 8.96. The summed E-state index contributed by atoms with van der Waals surface area (Å²) in [5.74, 6) is -0.0850. The molecule has 0 radical (unpaired) electrons. The van der Waals surface area contributed by atoms with Crippen LogP contribution in [0, 0.1) is 0 Å². The van der Waals surface area contributed by atoms with E-state index in [2.05, 4.69) is 5.32 Å². The van der Waals surface area contributed by atoms with Gasteiger partial charge in [-0.15, -0.1) is 0 Å². The smallest absolute Gasteiger partial charge is 0.251 e. The van der Waals surface area contributed by atoms with Crippen molar-refractivity contribution in [3.8, 4) is 5.75 Å². The number of aliphatic hydroxyl groups is 1. The molecule has 144 valence electrons. The first-order chi connectivity index (χ1) is 13.0. The van der Waals surface area contributed by atoms with Gasteiger partial charge in [-0.05, 0) is 36.2 Å². The molecule has 0 bridgehead atoms. The highest BCUT2D eigenvalue weighted by Crippen LogP contribution is 2.29. The van der Waals surface area contributed by atoms with Crippen molar-refractivity contribution >= 4 is 29.6 Å². The number of benzene rings is 2. The molecule has 7 heteroatoms. The molecule has 2 N–H and O–H groups in total. The van der Waals surface area contributed by atoms with Gasteiger partial charge >= 0.3 is 0 Å². The second kappa shape index (κ2) is 9.94. The van der Waals surface area contributed by atoms with Crippen LogP contribution in [0.15, 0.2) is 48.5 Å². The van der Waals surface area contributed by atoms with E-state index in [1.165, 1.54) is 12.0 Å². The van der Waals surface area contributed by atoms with E-state index in [1.807, 2.05) is 6.07 Å². The van der Waals surface area contributed by atoms with Crippen LogP contribution in [0.2, 0.25) is 5.02 Å². The quantitative estimate of drug-likeness (QED) is 0.645. The number of aliphatic hydroxyl groups excluding tert-OH is 1. The van der Waals surface area contributed by atoms with Crippen molar-refractivity contribution < 1.29 is 19.4 Å². The largest absolute Gasteiger partial charge is 0.495 e. The molecule has 0 aliphatic heterocycles. The molecule has 0 spiro atoms. The number of methoxy groups -OCH3 is 1. The lowest BCUT2D eigenvalue weighted by Gasteiger charge is -2.31. The molecule has 2 aromatic rings. The van der Waals surface area contributed by atoms with Crippen LogP contribution in [-0.4, -0.2) is 36.7 Å². The van der Waals surface area contributed by atoms with E-state index in [0.717, 1.165) is 5.56 Å². The number of carbonyl (C=O) groups excluding carboxylic acids is 2. The SMILES string of the molecule is CCC(C(O)C(=O)NCc1cccc(Cl)c1)N(C=O)c1ccccc1OC. The van der Waals surface area contributed by atoms with E-state index in [-0.39, 0.29) is 6.54 Å². The van der Waals surface area contributed by atoms with Crippen LogP contribution in [0.3, 0.4) is 0 Å². The third kappa shape index (κ3) is 5.21. The number of para-hydroxylation sites is 2. The van der Waals surface area contributed by atoms with Gasteiger partial charge in [-0.1, -0.05) is 42.8 Å². The van der Waals surface area contributed by atoms with E-state index >= 15 is 0 Å². The van der Waals surface area contributed by atoms with Crippen molar-refractivity contribution in [3.05, 3.63) is 59.1 Å². The molecule has 0 aliphatic carbocycles. The Hall–Kier alpha value is -2.57. The Morgan fingerprint density at radius 3 is 2.67 bits per heavy atom. The van der Waals surface area contributed by atoms with Gasteiger partial charge in [0.05, 0.1) is 18.8 Å². The molecule has 27 heavy (non-hydrogen) atoms. The molecule has 0 aliphatic rings. The molecule has 0 saturated carbocycles. The number of hydrogen-bond donors (Lipinski definition) is 2. The number of ether oxygens (including phenoxy) is 1. The van der Waals surface area contributed by atoms with E-state index in [4.69, 9.17) is 16.3 Å². The Labute approximate surface area is 163 Å². The van der Waals surface area contributed by atoms with E-state index in [9.17, 15) is 14.7 Å². The third-order valence-electron chi connectivity index (χ3n) is 4.24. The Balaban J connectivity index is 2.13. The Morgan fingerprint density at radius 2 is 2.04 bits per heavy atom. The van der Waals surface area contributed by atoms with Crippen molar-refractivity contribution in [1.29, 1.82) is 0 Å². The zero-order chi connectivity index (χ0) is 19.8. The van der Waals surface area contributed by atoms with Crippen LogP contribution in [-0.2, 0) is 16.1 Å². The molecule has 2 unspecified atom stereocenters. The van der Waals surface area contributed by atoms with Crippen molar-refractivity contribution in [1.82, 2.24) is 5.32 Å². The van der Waals surface area contributed by atoms with Crippen LogP contribution < -0.4 is 15.0 Å². The second-order valence-corrected chi connectivity index (χ2v) is 6.39. The maximum atomic E-state index is 12.4. The first-order valence-electron chi connectivity index (χ1n) is 8.58. The number of amides is 2. The van der Waals surface area contributed by atoms with Gasteiger partial charge in [-0.25, -0.2) is 0 Å². The minimum atomic E-state index is -1.40. The lowest BCUT2D eigenvalue weighted by atomic mass is 10.0. The summed E-state index contributed by atoms with van der Waals surface area (Å²) < 4.78 is 5.28. The summed E-state index contributed by atoms with van der Waals surface area (Å²) >= 11 is 5.93. The van der Waals surface area contributed by atoms with Crippen molar-refractivity contribution in [2.75, 3.05) is 12.0 Å². The van der Waals surface area contributed by atoms with E-state index in [1.54, 1.807) is 49.4 Å². The van der Waals surface area contributed by atoms with Gasteiger partial charge in [0.2, 0.25) is 6.41 Å². The number of hydrogen-bond acceptors (Lipinski definition) is 4. The summed E-state index contributed by atoms with van der Waals surface area (Å²) in [5, 5.41) is 13.8. The topological polar surface area (TPSA) is 78.9 Å². The summed E-state index contributed by atoms with van der Waals surface area (Å²) in [7, 11) is 1.50. The third-order valence-corrected chi connectivity index (χ3v) is 4.48. The van der Waals surface area contributed by atoms with Crippen LogP contribution in [0.25, 0.3) is 0 Å². The van der Waals surface area contributed by atoms with Crippen molar-refractivity contribution in [2.45, 2.75) is 32.0 Å². The fourth-order valence-electron chi connectivity index (χ4n) is 2.84. The minimum Gasteiger partial charge on any atom is -0.495 e. The van der Waals surface area contributed by atoms with E-state index < -0.39 is 18.1 Å². The molecular formula is C20H23ClN2O4. The molecule has 0 heterocycles. The summed E-state index contributed by atoms with van der Waals surface area (Å²) in [6.45, 7) is 2.02. The second-order valence-electron chi connectivity index (χ2n) is 5.95. The van der Waals surface area contributed by atoms with Gasteiger partial charge < -0.3 is 20.1 Å². The molecule has 2 atom stereocenters. The molecule has 0 fully saturated rings. The highest BCUT2D eigenvalue weighted by atomic mass is 35.5. The van der Waals surface area contributed by atoms with Gasteiger partial charge in [0.15, 0.2) is 6.10 Å². The first kappa shape index (κ1) is 20.7. The Bertz CT molecular complexity index is 784. The van der Waals surface area contributed by atoms with Gasteiger partial charge in [-0.3, -0.25) is 9.59 Å². The Morgan fingerprint density at radius 1 is 1.30 bits per heavy atom. The number of carbonyl (C=O) groups is 2. The van der Waals surface area contributed by atoms with Gasteiger partial charge in [0.25, 0.3) is 5.91 Å². The lowest BCUT2D eigenvalue weighted by molar-refractivity contribution is -0.130. The van der Waals surface area contributed by atoms with Crippen molar-refractivity contribution in [3.63, 3.8) is 0 Å². The highest BCUT2D eigenvalue weighted by Gasteiger charge is 2.31. The standard InChI is InChI=1S/C20H23ClN2O4/c1-3-16(23(13-24)17-9-4-5-10-18(17)27-2)19(25)20(26)22-12-14-7-6-8-15(21)11-14/h4-11,13,16,19,25H,3,12H2,1-2H3,(H,22,26). The number of nitrogens with zero attached hydrogens (tertiary/aromatic N) is 1. The number of anilines is 1. The normalized spacial score (nSPS) is 12.7. The molecular weight excluding hydrogens is 368 g/mol. The summed E-state index contributed by atoms with van der Waals surface area (Å²) in [5.41, 5.74) is 1.30. The minimum absolute atomic E-state index is 0.225. The molecule has 0 aromatic heterocycles. The van der Waals surface area contributed by atoms with E-state index in [0.29, 0.717) is 29.3 Å². The number of halogens is 1. The monoisotopic (exact) mass is 390 g/mol. The van der Waals surface area contributed by atoms with Crippen LogP contribution in [0.4, 0.5) is 5.69 Å². The van der Waals surface area contributed by atoms with Crippen LogP contribution in [0.1, 0.15) is 18.9 Å². The summed E-state index contributed by atoms with van der Waals surface area (Å²) in [6.07, 6.45) is -0.425. The van der Waals surface area contributed by atoms with Crippen molar-refractivity contribution in [2.24, 2.45) is 0 Å².